The van der Waals surface area contributed by atoms with Gasteiger partial charge < -0.3 is 32.1 Å². The summed E-state index contributed by atoms with van der Waals surface area (Å²) in [5.74, 6) is -2.46. The van der Waals surface area contributed by atoms with Crippen LogP contribution in [0.15, 0.2) is 46.3 Å². The molecule has 1 aliphatic carbocycles. The smallest absolute Gasteiger partial charge is 0.326 e. The zero-order valence-corrected chi connectivity index (χ0v) is 26.1. The zero-order valence-electron chi connectivity index (χ0n) is 25.3. The van der Waals surface area contributed by atoms with Gasteiger partial charge in [0.2, 0.25) is 21.8 Å². The average molecular weight is 630 g/mol. The Morgan fingerprint density at radius 1 is 1.07 bits per heavy atom. The first-order valence-corrected chi connectivity index (χ1v) is 16.4. The summed E-state index contributed by atoms with van der Waals surface area (Å²) in [6.45, 7) is 0.378. The van der Waals surface area contributed by atoms with E-state index in [0.717, 1.165) is 11.1 Å². The van der Waals surface area contributed by atoms with Crippen LogP contribution in [0.25, 0.3) is 10.8 Å². The number of piperidine rings is 1. The fourth-order valence-electron chi connectivity index (χ4n) is 6.22. The minimum atomic E-state index is -4.10. The minimum Gasteiger partial charge on any atom is -0.480 e. The molecule has 2 aliphatic rings. The number of rotatable bonds is 12. The predicted octanol–water partition coefficient (Wildman–Crippen LogP) is 1.50. The molecular weight excluding hydrogens is 586 g/mol. The first-order valence-electron chi connectivity index (χ1n) is 15.0. The van der Waals surface area contributed by atoms with E-state index in [1.165, 1.54) is 4.31 Å². The largest absolute Gasteiger partial charge is 0.480 e. The van der Waals surface area contributed by atoms with Crippen molar-refractivity contribution in [2.45, 2.75) is 80.3 Å². The monoisotopic (exact) mass is 629 g/mol. The van der Waals surface area contributed by atoms with E-state index in [2.05, 4.69) is 15.6 Å². The van der Waals surface area contributed by atoms with Gasteiger partial charge in [-0.2, -0.15) is 4.31 Å². The molecule has 0 aromatic heterocycles. The van der Waals surface area contributed by atoms with Gasteiger partial charge in [-0.1, -0.05) is 43.5 Å². The highest BCUT2D eigenvalue weighted by atomic mass is 32.2. The third-order valence-corrected chi connectivity index (χ3v) is 10.5. The number of anilines is 1. The molecule has 14 heteroatoms. The van der Waals surface area contributed by atoms with Gasteiger partial charge in [0, 0.05) is 43.6 Å². The van der Waals surface area contributed by atoms with Crippen LogP contribution < -0.4 is 27.0 Å². The highest BCUT2D eigenvalue weighted by Gasteiger charge is 2.47. The number of carboxylic acid groups (broad SMARTS) is 1. The van der Waals surface area contributed by atoms with Gasteiger partial charge in [-0.3, -0.25) is 14.6 Å². The van der Waals surface area contributed by atoms with Crippen molar-refractivity contribution in [1.29, 1.82) is 0 Å². The maximum Gasteiger partial charge on any atom is 0.326 e. The summed E-state index contributed by atoms with van der Waals surface area (Å²) in [4.78, 5) is 45.3. The van der Waals surface area contributed by atoms with Crippen molar-refractivity contribution >= 4 is 50.2 Å². The topological polar surface area (TPSA) is 201 Å². The molecule has 7 N–H and O–H groups in total. The number of sulfonamides is 1. The van der Waals surface area contributed by atoms with Gasteiger partial charge in [0.25, 0.3) is 0 Å². The summed E-state index contributed by atoms with van der Waals surface area (Å²) in [6.07, 6.45) is 3.94. The molecule has 2 amide bonds. The number of benzene rings is 2. The number of fused-ring (bicyclic) bond motifs is 1. The molecule has 0 unspecified atom stereocenters. The maximum atomic E-state index is 14.2. The predicted molar refractivity (Wildman–Crippen MR) is 169 cm³/mol. The van der Waals surface area contributed by atoms with Crippen LogP contribution in [-0.4, -0.2) is 86.4 Å². The molecule has 1 aliphatic heterocycles. The number of carbonyl (C=O) groups is 3. The highest BCUT2D eigenvalue weighted by Crippen LogP contribution is 2.35. The second kappa shape index (κ2) is 13.8. The number of carboxylic acids is 1. The molecule has 1 saturated carbocycles. The van der Waals surface area contributed by atoms with Crippen molar-refractivity contribution in [1.82, 2.24) is 14.9 Å². The highest BCUT2D eigenvalue weighted by molar-refractivity contribution is 7.89. The summed E-state index contributed by atoms with van der Waals surface area (Å²) in [5.41, 5.74) is 10.2. The van der Waals surface area contributed by atoms with E-state index >= 15 is 0 Å². The normalized spacial score (nSPS) is 19.2. The van der Waals surface area contributed by atoms with E-state index < -0.39 is 45.4 Å². The van der Waals surface area contributed by atoms with Crippen LogP contribution in [0.1, 0.15) is 57.8 Å². The Morgan fingerprint density at radius 2 is 1.75 bits per heavy atom. The van der Waals surface area contributed by atoms with Gasteiger partial charge in [-0.15, -0.1) is 0 Å². The van der Waals surface area contributed by atoms with E-state index in [-0.39, 0.29) is 30.4 Å². The lowest BCUT2D eigenvalue weighted by molar-refractivity contribution is -0.143. The van der Waals surface area contributed by atoms with Crippen LogP contribution >= 0.6 is 0 Å². The third kappa shape index (κ3) is 7.07. The number of nitrogens with zero attached hydrogens (tertiary/aromatic N) is 3. The Labute approximate surface area is 258 Å². The Balaban J connectivity index is 1.57. The van der Waals surface area contributed by atoms with Crippen LogP contribution in [0.3, 0.4) is 0 Å². The number of hydrogen-bond donors (Lipinski definition) is 5. The van der Waals surface area contributed by atoms with Crippen LogP contribution in [-0.2, 0) is 24.4 Å². The van der Waals surface area contributed by atoms with E-state index in [0.29, 0.717) is 56.8 Å². The number of amides is 2. The molecule has 0 bridgehead atoms. The summed E-state index contributed by atoms with van der Waals surface area (Å²) in [5, 5.41) is 16.6. The Bertz CT molecular complexity index is 1520. The SMILES string of the molecule is CN(C)c1cccc2c(S(=O)(=O)N3CCCC[C@H]3C(=O)NC3(C(=O)N[C@@H](CCCN=C(N)N)C(=O)O)CCCC3)cccc12. The number of aliphatic carboxylic acids is 1. The van der Waals surface area contributed by atoms with E-state index in [4.69, 9.17) is 11.5 Å². The Kier molecular flexibility index (Phi) is 10.4. The fourth-order valence-corrected chi connectivity index (χ4v) is 8.09. The second-order valence-electron chi connectivity index (χ2n) is 11.7. The molecule has 0 radical (unpaired) electrons. The van der Waals surface area contributed by atoms with Gasteiger partial charge in [-0.25, -0.2) is 13.2 Å². The Morgan fingerprint density at radius 3 is 2.41 bits per heavy atom. The van der Waals surface area contributed by atoms with E-state index in [1.54, 1.807) is 18.2 Å². The zero-order chi connectivity index (χ0) is 32.1. The molecular formula is C30H43N7O6S. The van der Waals surface area contributed by atoms with Crippen molar-refractivity contribution < 1.29 is 27.9 Å². The maximum absolute atomic E-state index is 14.2. The standard InChI is InChI=1S/C30H43N7O6S/c1-36(2)23-14-7-11-21-20(23)10-8-15-25(21)44(42,43)37-19-6-3-13-24(37)26(38)35-30(16-4-5-17-30)28(41)34-22(27(39)40)12-9-18-33-29(31)32/h7-8,10-11,14-15,22,24H,3-6,9,12-13,16-19H2,1-2H3,(H,34,41)(H,35,38)(H,39,40)(H4,31,32,33)/t22-,24-/m0/s1. The first kappa shape index (κ1) is 33.0. The van der Waals surface area contributed by atoms with Crippen LogP contribution in [0.2, 0.25) is 0 Å². The number of aliphatic imine (C=N–C) groups is 1. The number of hydrogen-bond acceptors (Lipinski definition) is 7. The number of carbonyl (C=O) groups excluding carboxylic acids is 2. The molecule has 2 aromatic rings. The molecule has 2 fully saturated rings. The molecule has 1 saturated heterocycles. The van der Waals surface area contributed by atoms with Gasteiger partial charge in [0.05, 0.1) is 4.90 Å². The van der Waals surface area contributed by atoms with Crippen molar-refractivity contribution in [3.63, 3.8) is 0 Å². The summed E-state index contributed by atoms with van der Waals surface area (Å²) in [7, 11) is -0.320. The lowest BCUT2D eigenvalue weighted by Gasteiger charge is -2.37. The molecule has 1 heterocycles. The summed E-state index contributed by atoms with van der Waals surface area (Å²) in [6, 6.07) is 8.42. The van der Waals surface area contributed by atoms with Gasteiger partial charge in [0.15, 0.2) is 5.96 Å². The van der Waals surface area contributed by atoms with Crippen molar-refractivity contribution in [2.24, 2.45) is 16.5 Å². The lowest BCUT2D eigenvalue weighted by atomic mass is 9.93. The Hall–Kier alpha value is -3.91. The average Bonchev–Trinajstić information content (AvgIpc) is 3.47. The summed E-state index contributed by atoms with van der Waals surface area (Å²) < 4.78 is 29.7. The summed E-state index contributed by atoms with van der Waals surface area (Å²) >= 11 is 0. The number of guanidine groups is 1. The van der Waals surface area contributed by atoms with E-state index in [1.807, 2.05) is 37.2 Å². The third-order valence-electron chi connectivity index (χ3n) is 8.49. The molecule has 13 nitrogen and oxygen atoms in total. The second-order valence-corrected chi connectivity index (χ2v) is 13.6. The quantitative estimate of drug-likeness (QED) is 0.131. The minimum absolute atomic E-state index is 0.0943. The molecule has 240 valence electrons. The van der Waals surface area contributed by atoms with Crippen molar-refractivity contribution in [3.8, 4) is 0 Å². The van der Waals surface area contributed by atoms with Crippen molar-refractivity contribution in [2.75, 3.05) is 32.1 Å². The van der Waals surface area contributed by atoms with Crippen LogP contribution in [0.5, 0.6) is 0 Å². The van der Waals surface area contributed by atoms with Gasteiger partial charge in [0.1, 0.15) is 17.6 Å². The van der Waals surface area contributed by atoms with Crippen molar-refractivity contribution in [3.05, 3.63) is 36.4 Å². The van der Waals surface area contributed by atoms with Crippen LogP contribution in [0, 0.1) is 0 Å². The molecule has 0 spiro atoms. The van der Waals surface area contributed by atoms with Gasteiger partial charge >= 0.3 is 5.97 Å². The lowest BCUT2D eigenvalue weighted by Crippen LogP contribution is -2.63. The first-order chi connectivity index (χ1) is 20.9. The number of nitrogens with one attached hydrogen (secondary N) is 2. The molecule has 44 heavy (non-hydrogen) atoms. The number of nitrogens with two attached hydrogens (primary N) is 2. The van der Waals surface area contributed by atoms with Crippen LogP contribution in [0.4, 0.5) is 5.69 Å². The van der Waals surface area contributed by atoms with E-state index in [9.17, 15) is 27.9 Å². The molecule has 2 aromatic carbocycles. The van der Waals surface area contributed by atoms with Gasteiger partial charge in [-0.05, 0) is 50.7 Å². The molecule has 2 atom stereocenters. The molecule has 4 rings (SSSR count). The fraction of sp³-hybridized carbons (Fsp3) is 0.533.